The lowest BCUT2D eigenvalue weighted by Crippen LogP contribution is -2.30. The number of benzene rings is 2. The van der Waals surface area contributed by atoms with Gasteiger partial charge < -0.3 is 10.2 Å². The molecule has 5 heteroatoms. The standard InChI is InChI=1S/C24H21N3OS/c1-25-23-22(29-24(28)26-23)13-16-6-7-17-10-11-27(15-20(17)12-16)14-19-4-2-3-5-21(19)18-8-9-18/h2-7,11-13,15,18H,8-9,14H2,1H3,(H,25,26,28)/b22-13-. The lowest BCUT2D eigenvalue weighted by Gasteiger charge is -2.19. The van der Waals surface area contributed by atoms with Gasteiger partial charge in [0.05, 0.1) is 4.91 Å². The first-order chi connectivity index (χ1) is 14.2. The van der Waals surface area contributed by atoms with Gasteiger partial charge in [-0.15, -0.1) is 0 Å². The van der Waals surface area contributed by atoms with Crippen LogP contribution in [0.5, 0.6) is 0 Å². The van der Waals surface area contributed by atoms with Crippen LogP contribution in [0.15, 0.2) is 58.6 Å². The second-order valence-corrected chi connectivity index (χ2v) is 8.50. The Morgan fingerprint density at radius 3 is 2.97 bits per heavy atom. The van der Waals surface area contributed by atoms with E-state index in [9.17, 15) is 4.79 Å². The van der Waals surface area contributed by atoms with Crippen LogP contribution in [0, 0.1) is 0 Å². The molecule has 0 radical (unpaired) electrons. The number of rotatable bonds is 4. The second-order valence-electron chi connectivity index (χ2n) is 7.49. The van der Waals surface area contributed by atoms with E-state index in [0.29, 0.717) is 5.84 Å². The fourth-order valence-corrected chi connectivity index (χ4v) is 4.57. The highest BCUT2D eigenvalue weighted by Gasteiger charge is 2.26. The molecule has 0 atom stereocenters. The van der Waals surface area contributed by atoms with Crippen LogP contribution in [0.2, 0.25) is 0 Å². The predicted molar refractivity (Wildman–Crippen MR) is 120 cm³/mol. The Hall–Kier alpha value is -3.01. The van der Waals surface area contributed by atoms with Gasteiger partial charge in [0.2, 0.25) is 0 Å². The molecule has 1 saturated heterocycles. The smallest absolute Gasteiger partial charge is 0.289 e. The van der Waals surface area contributed by atoms with Crippen molar-refractivity contribution in [1.29, 1.82) is 0 Å². The van der Waals surface area contributed by atoms with Crippen molar-refractivity contribution in [3.63, 3.8) is 0 Å². The van der Waals surface area contributed by atoms with Crippen LogP contribution in [0.4, 0.5) is 4.79 Å². The van der Waals surface area contributed by atoms with Crippen LogP contribution in [-0.4, -0.2) is 23.0 Å². The van der Waals surface area contributed by atoms with Gasteiger partial charge in [-0.2, -0.15) is 0 Å². The van der Waals surface area contributed by atoms with E-state index >= 15 is 0 Å². The number of amidine groups is 1. The van der Waals surface area contributed by atoms with Gasteiger partial charge in [-0.25, -0.2) is 0 Å². The quantitative estimate of drug-likeness (QED) is 0.855. The number of nitrogens with zero attached hydrogens (tertiary/aromatic N) is 2. The molecule has 2 aromatic carbocycles. The van der Waals surface area contributed by atoms with Gasteiger partial charge in [-0.05, 0) is 65.4 Å². The van der Waals surface area contributed by atoms with Crippen molar-refractivity contribution in [3.8, 4) is 0 Å². The summed E-state index contributed by atoms with van der Waals surface area (Å²) in [7, 11) is 1.69. The molecule has 2 aromatic rings. The number of carbonyl (C=O) groups excluding carboxylic acids is 1. The lowest BCUT2D eigenvalue weighted by atomic mass is 10.0. The Bertz CT molecular complexity index is 1220. The van der Waals surface area contributed by atoms with Crippen molar-refractivity contribution in [1.82, 2.24) is 10.2 Å². The zero-order valence-corrected chi connectivity index (χ0v) is 17.0. The summed E-state index contributed by atoms with van der Waals surface area (Å²) in [5, 5.41) is 4.89. The first kappa shape index (κ1) is 18.0. The molecule has 1 amide bonds. The highest BCUT2D eigenvalue weighted by molar-refractivity contribution is 8.18. The highest BCUT2D eigenvalue weighted by Crippen LogP contribution is 2.41. The minimum absolute atomic E-state index is 0.0851. The molecular formula is C24H21N3OS. The molecular weight excluding hydrogens is 378 g/mol. The fourth-order valence-electron chi connectivity index (χ4n) is 3.78. The summed E-state index contributed by atoms with van der Waals surface area (Å²) in [5.41, 5.74) is 7.32. The third kappa shape index (κ3) is 3.80. The van der Waals surface area contributed by atoms with Gasteiger partial charge in [0.15, 0.2) is 0 Å². The molecule has 0 bridgehead atoms. The molecule has 2 aliphatic heterocycles. The molecule has 2 heterocycles. The summed E-state index contributed by atoms with van der Waals surface area (Å²) in [6.45, 7) is 0.853. The number of aliphatic imine (C=N–C) groups is 1. The van der Waals surface area contributed by atoms with E-state index in [1.165, 1.54) is 35.7 Å². The molecule has 4 nitrogen and oxygen atoms in total. The second kappa shape index (κ2) is 7.43. The summed E-state index contributed by atoms with van der Waals surface area (Å²) < 4.78 is 0. The number of thioether (sulfide) groups is 1. The van der Waals surface area contributed by atoms with Gasteiger partial charge >= 0.3 is 0 Å². The van der Waals surface area contributed by atoms with Gasteiger partial charge in [-0.1, -0.05) is 36.1 Å². The number of carbonyl (C=O) groups is 1. The van der Waals surface area contributed by atoms with Crippen LogP contribution in [-0.2, 0) is 6.54 Å². The van der Waals surface area contributed by atoms with Crippen LogP contribution < -0.4 is 15.8 Å². The number of amides is 1. The number of fused-ring (bicyclic) bond motifs is 1. The summed E-state index contributed by atoms with van der Waals surface area (Å²) in [5.74, 6) is 1.37. The molecule has 3 aliphatic rings. The Kier molecular flexibility index (Phi) is 4.62. The fraction of sp³-hybridized carbons (Fsp3) is 0.208. The van der Waals surface area contributed by atoms with Gasteiger partial charge in [0.1, 0.15) is 5.84 Å². The van der Waals surface area contributed by atoms with Crippen molar-refractivity contribution >= 4 is 40.8 Å². The largest absolute Gasteiger partial charge is 0.342 e. The maximum Gasteiger partial charge on any atom is 0.289 e. The minimum atomic E-state index is -0.0851. The molecule has 5 rings (SSSR count). The van der Waals surface area contributed by atoms with E-state index in [1.807, 2.05) is 12.3 Å². The average molecular weight is 400 g/mol. The molecule has 0 spiro atoms. The Morgan fingerprint density at radius 2 is 2.14 bits per heavy atom. The third-order valence-electron chi connectivity index (χ3n) is 5.37. The number of hydrogen-bond acceptors (Lipinski definition) is 4. The van der Waals surface area contributed by atoms with Crippen molar-refractivity contribution in [2.45, 2.75) is 25.3 Å². The van der Waals surface area contributed by atoms with Crippen molar-refractivity contribution in [2.24, 2.45) is 4.99 Å². The van der Waals surface area contributed by atoms with Crippen LogP contribution in [0.1, 0.15) is 35.4 Å². The van der Waals surface area contributed by atoms with E-state index in [0.717, 1.165) is 33.4 Å². The number of hydrogen-bond donors (Lipinski definition) is 1. The Balaban J connectivity index is 1.45. The highest BCUT2D eigenvalue weighted by atomic mass is 32.2. The monoisotopic (exact) mass is 399 g/mol. The van der Waals surface area contributed by atoms with E-state index < -0.39 is 0 Å². The van der Waals surface area contributed by atoms with Crippen LogP contribution >= 0.6 is 11.8 Å². The van der Waals surface area contributed by atoms with Crippen LogP contribution in [0.3, 0.4) is 0 Å². The van der Waals surface area contributed by atoms with E-state index in [4.69, 9.17) is 0 Å². The molecule has 1 saturated carbocycles. The lowest BCUT2D eigenvalue weighted by molar-refractivity contribution is 0.265. The summed E-state index contributed by atoms with van der Waals surface area (Å²) in [6, 6.07) is 15.0. The summed E-state index contributed by atoms with van der Waals surface area (Å²) in [6.07, 6.45) is 8.83. The van der Waals surface area contributed by atoms with E-state index in [1.54, 1.807) is 7.05 Å². The third-order valence-corrected chi connectivity index (χ3v) is 6.19. The topological polar surface area (TPSA) is 44.7 Å². The zero-order valence-electron chi connectivity index (χ0n) is 16.2. The molecule has 2 fully saturated rings. The first-order valence-corrected chi connectivity index (χ1v) is 10.6. The van der Waals surface area contributed by atoms with Gasteiger partial charge in [-0.3, -0.25) is 9.79 Å². The molecule has 1 N–H and O–H groups in total. The van der Waals surface area contributed by atoms with Gasteiger partial charge in [0.25, 0.3) is 5.24 Å². The maximum absolute atomic E-state index is 11.6. The zero-order chi connectivity index (χ0) is 19.8. The van der Waals surface area contributed by atoms with Crippen LogP contribution in [0.25, 0.3) is 18.0 Å². The van der Waals surface area contributed by atoms with Crippen molar-refractivity contribution < 1.29 is 4.79 Å². The minimum Gasteiger partial charge on any atom is -0.342 e. The first-order valence-electron chi connectivity index (χ1n) is 9.79. The van der Waals surface area contributed by atoms with E-state index in [2.05, 4.69) is 69.6 Å². The molecule has 0 aromatic heterocycles. The molecule has 29 heavy (non-hydrogen) atoms. The predicted octanol–water partition coefficient (Wildman–Crippen LogP) is 3.54. The van der Waals surface area contributed by atoms with Crippen molar-refractivity contribution in [2.75, 3.05) is 7.05 Å². The van der Waals surface area contributed by atoms with E-state index in [-0.39, 0.29) is 5.24 Å². The van der Waals surface area contributed by atoms with Crippen molar-refractivity contribution in [3.05, 3.63) is 80.7 Å². The summed E-state index contributed by atoms with van der Waals surface area (Å²) >= 11 is 1.18. The normalized spacial score (nSPS) is 20.4. The Morgan fingerprint density at radius 1 is 1.28 bits per heavy atom. The molecule has 144 valence electrons. The van der Waals surface area contributed by atoms with Gasteiger partial charge in [0, 0.05) is 36.4 Å². The molecule has 0 unspecified atom stereocenters. The SMILES string of the molecule is CN=C1NC(=O)S/C1=C\c1ccc2c(c1)=CN(Cc1ccccc1C1CC1)C=C=2. The Labute approximate surface area is 174 Å². The average Bonchev–Trinajstić information content (AvgIpc) is 3.51. The summed E-state index contributed by atoms with van der Waals surface area (Å²) in [4.78, 5) is 18.8. The maximum atomic E-state index is 11.6. The number of nitrogens with one attached hydrogen (secondary N) is 1. The molecule has 1 aliphatic carbocycles.